The molecule has 0 aliphatic carbocycles. The molecule has 1 rings (SSSR count). The summed E-state index contributed by atoms with van der Waals surface area (Å²) in [5.41, 5.74) is 2.12. The molecule has 0 aliphatic heterocycles. The van der Waals surface area contributed by atoms with Gasteiger partial charge in [-0.05, 0) is 26.8 Å². The first kappa shape index (κ1) is 14.6. The summed E-state index contributed by atoms with van der Waals surface area (Å²) in [7, 11) is 0. The normalized spacial score (nSPS) is 10.4. The van der Waals surface area contributed by atoms with Crippen molar-refractivity contribution in [3.05, 3.63) is 30.2 Å². The Bertz CT molecular complexity index is 359. The highest BCUT2D eigenvalue weighted by atomic mass is 15.2. The van der Waals surface area contributed by atoms with Crippen LogP contribution >= 0.6 is 0 Å². The first-order valence-electron chi connectivity index (χ1n) is 6.58. The predicted octanol–water partition coefficient (Wildman–Crippen LogP) is 2.38. The van der Waals surface area contributed by atoms with Crippen LogP contribution in [-0.2, 0) is 6.54 Å². The Morgan fingerprint density at radius 3 is 2.61 bits per heavy atom. The predicted molar refractivity (Wildman–Crippen MR) is 76.7 cm³/mol. The van der Waals surface area contributed by atoms with Crippen molar-refractivity contribution in [3.63, 3.8) is 0 Å². The van der Waals surface area contributed by atoms with Crippen LogP contribution in [0.25, 0.3) is 0 Å². The number of nitrogens with one attached hydrogen (secondary N) is 1. The maximum absolute atomic E-state index is 4.46. The number of anilines is 1. The van der Waals surface area contributed by atoms with Gasteiger partial charge in [0.25, 0.3) is 0 Å². The van der Waals surface area contributed by atoms with Gasteiger partial charge in [-0.3, -0.25) is 4.98 Å². The monoisotopic (exact) mass is 248 g/mol. The van der Waals surface area contributed by atoms with Gasteiger partial charge in [-0.2, -0.15) is 0 Å². The molecule has 0 bridgehead atoms. The summed E-state index contributed by atoms with van der Waals surface area (Å²) < 4.78 is 0. The first-order valence-corrected chi connectivity index (χ1v) is 6.58. The first-order chi connectivity index (χ1) is 8.67. The largest absolute Gasteiger partial charge is 0.352 e. The fourth-order valence-corrected chi connectivity index (χ4v) is 1.68. The van der Waals surface area contributed by atoms with Crippen molar-refractivity contribution in [2.45, 2.75) is 33.7 Å². The van der Waals surface area contributed by atoms with Gasteiger partial charge in [-0.15, -0.1) is 0 Å². The fourth-order valence-electron chi connectivity index (χ4n) is 1.68. The topological polar surface area (TPSA) is 41.1 Å². The van der Waals surface area contributed by atoms with Crippen LogP contribution in [0, 0.1) is 0 Å². The van der Waals surface area contributed by atoms with Crippen LogP contribution in [0.15, 0.2) is 24.5 Å². The fraction of sp³-hybridized carbons (Fsp3) is 0.571. The highest BCUT2D eigenvalue weighted by Crippen LogP contribution is 2.10. The quantitative estimate of drug-likeness (QED) is 0.566. The molecule has 1 heterocycles. The molecule has 4 heteroatoms. The van der Waals surface area contributed by atoms with E-state index in [2.05, 4.69) is 40.6 Å². The Hall–Kier alpha value is -1.42. The third kappa shape index (κ3) is 4.84. The van der Waals surface area contributed by atoms with Gasteiger partial charge in [-0.25, -0.2) is 4.98 Å². The molecule has 0 saturated heterocycles. The van der Waals surface area contributed by atoms with Crippen LogP contribution in [0.2, 0.25) is 0 Å². The summed E-state index contributed by atoms with van der Waals surface area (Å²) in [4.78, 5) is 11.1. The van der Waals surface area contributed by atoms with Gasteiger partial charge < -0.3 is 10.2 Å². The summed E-state index contributed by atoms with van der Waals surface area (Å²) in [6.45, 7) is 13.8. The van der Waals surface area contributed by atoms with Gasteiger partial charge >= 0.3 is 0 Å². The van der Waals surface area contributed by atoms with Crippen molar-refractivity contribution in [3.8, 4) is 0 Å². The highest BCUT2D eigenvalue weighted by Gasteiger charge is 2.06. The Balaban J connectivity index is 2.59. The van der Waals surface area contributed by atoms with Crippen molar-refractivity contribution in [2.24, 2.45) is 0 Å². The van der Waals surface area contributed by atoms with Crippen LogP contribution in [0.1, 0.15) is 32.9 Å². The van der Waals surface area contributed by atoms with Crippen LogP contribution in [-0.4, -0.2) is 29.6 Å². The van der Waals surface area contributed by atoms with E-state index < -0.39 is 0 Å². The molecule has 18 heavy (non-hydrogen) atoms. The maximum atomic E-state index is 4.46. The molecule has 0 saturated carbocycles. The molecule has 1 aromatic rings. The molecule has 1 aromatic heterocycles. The average molecular weight is 248 g/mol. The summed E-state index contributed by atoms with van der Waals surface area (Å²) in [5, 5.41) is 3.32. The molecule has 0 aliphatic rings. The smallest absolute Gasteiger partial charge is 0.147 e. The third-order valence-electron chi connectivity index (χ3n) is 2.59. The average Bonchev–Trinajstić information content (AvgIpc) is 2.37. The van der Waals surface area contributed by atoms with Crippen molar-refractivity contribution in [1.82, 2.24) is 15.3 Å². The van der Waals surface area contributed by atoms with Crippen LogP contribution in [0.3, 0.4) is 0 Å². The van der Waals surface area contributed by atoms with Crippen LogP contribution < -0.4 is 10.2 Å². The molecule has 0 fully saturated rings. The van der Waals surface area contributed by atoms with E-state index in [-0.39, 0.29) is 0 Å². The SMILES string of the molecule is C=C(C)CN(CC)c1cnc(CNCCC)cn1. The van der Waals surface area contributed by atoms with Crippen LogP contribution in [0.5, 0.6) is 0 Å². The van der Waals surface area contributed by atoms with Crippen molar-refractivity contribution in [2.75, 3.05) is 24.5 Å². The summed E-state index contributed by atoms with van der Waals surface area (Å²) >= 11 is 0. The number of aromatic nitrogens is 2. The molecular weight excluding hydrogens is 224 g/mol. The molecule has 1 N–H and O–H groups in total. The Morgan fingerprint density at radius 2 is 2.11 bits per heavy atom. The van der Waals surface area contributed by atoms with Gasteiger partial charge in [-0.1, -0.05) is 19.1 Å². The van der Waals surface area contributed by atoms with E-state index in [0.29, 0.717) is 0 Å². The Morgan fingerprint density at radius 1 is 1.33 bits per heavy atom. The maximum Gasteiger partial charge on any atom is 0.147 e. The minimum absolute atomic E-state index is 0.785. The summed E-state index contributed by atoms with van der Waals surface area (Å²) in [6.07, 6.45) is 4.82. The van der Waals surface area contributed by atoms with Crippen molar-refractivity contribution < 1.29 is 0 Å². The molecule has 4 nitrogen and oxygen atoms in total. The molecule has 100 valence electrons. The number of likely N-dealkylation sites (N-methyl/N-ethyl adjacent to an activating group) is 1. The summed E-state index contributed by atoms with van der Waals surface area (Å²) in [6, 6.07) is 0. The zero-order valence-electron chi connectivity index (χ0n) is 11.7. The molecule has 0 aromatic carbocycles. The number of hydrogen-bond donors (Lipinski definition) is 1. The lowest BCUT2D eigenvalue weighted by molar-refractivity contribution is 0.661. The van der Waals surface area contributed by atoms with Crippen molar-refractivity contribution in [1.29, 1.82) is 0 Å². The third-order valence-corrected chi connectivity index (χ3v) is 2.59. The number of nitrogens with zero attached hydrogens (tertiary/aromatic N) is 3. The minimum Gasteiger partial charge on any atom is -0.352 e. The second-order valence-electron chi connectivity index (χ2n) is 4.51. The van der Waals surface area contributed by atoms with Gasteiger partial charge in [0.05, 0.1) is 18.1 Å². The highest BCUT2D eigenvalue weighted by molar-refractivity contribution is 5.37. The van der Waals surface area contributed by atoms with Gasteiger partial charge in [0.1, 0.15) is 5.82 Å². The van der Waals surface area contributed by atoms with E-state index in [1.807, 2.05) is 19.3 Å². The molecule has 0 spiro atoms. The standard InChI is InChI=1S/C14H24N4/c1-5-7-15-8-13-9-17-14(10-16-13)18(6-2)11-12(3)4/h9-10,15H,3,5-8,11H2,1-2,4H3. The van der Waals surface area contributed by atoms with Crippen LogP contribution in [0.4, 0.5) is 5.82 Å². The molecule has 0 atom stereocenters. The number of hydrogen-bond acceptors (Lipinski definition) is 4. The molecular formula is C14H24N4. The Labute approximate surface area is 110 Å². The minimum atomic E-state index is 0.785. The zero-order valence-corrected chi connectivity index (χ0v) is 11.7. The molecule has 0 radical (unpaired) electrons. The van der Waals surface area contributed by atoms with E-state index in [1.165, 1.54) is 0 Å². The second kappa shape index (κ2) is 7.82. The van der Waals surface area contributed by atoms with Crippen molar-refractivity contribution >= 4 is 5.82 Å². The zero-order chi connectivity index (χ0) is 13.4. The van der Waals surface area contributed by atoms with Gasteiger partial charge in [0.15, 0.2) is 0 Å². The second-order valence-corrected chi connectivity index (χ2v) is 4.51. The lowest BCUT2D eigenvalue weighted by Gasteiger charge is -2.21. The van der Waals surface area contributed by atoms with E-state index in [9.17, 15) is 0 Å². The number of rotatable bonds is 8. The van der Waals surface area contributed by atoms with Gasteiger partial charge in [0.2, 0.25) is 0 Å². The van der Waals surface area contributed by atoms with E-state index >= 15 is 0 Å². The summed E-state index contributed by atoms with van der Waals surface area (Å²) in [5.74, 6) is 0.916. The molecule has 0 amide bonds. The van der Waals surface area contributed by atoms with E-state index in [4.69, 9.17) is 0 Å². The lowest BCUT2D eigenvalue weighted by Crippen LogP contribution is -2.25. The van der Waals surface area contributed by atoms with E-state index in [0.717, 1.165) is 49.7 Å². The Kier molecular flexibility index (Phi) is 6.36. The molecule has 0 unspecified atom stereocenters. The van der Waals surface area contributed by atoms with Gasteiger partial charge in [0, 0.05) is 19.6 Å². The lowest BCUT2D eigenvalue weighted by atomic mass is 10.3. The van der Waals surface area contributed by atoms with E-state index in [1.54, 1.807) is 0 Å².